The molecule has 1 aromatic carbocycles. The molecule has 1 aliphatic rings. The van der Waals surface area contributed by atoms with Crippen LogP contribution in [0.2, 0.25) is 0 Å². The predicted octanol–water partition coefficient (Wildman–Crippen LogP) is 2.28. The molecule has 0 spiro atoms. The van der Waals surface area contributed by atoms with E-state index >= 15 is 0 Å². The third kappa shape index (κ3) is 3.69. The van der Waals surface area contributed by atoms with Gasteiger partial charge in [-0.1, -0.05) is 30.3 Å². The molecule has 3 aromatic rings. The van der Waals surface area contributed by atoms with Gasteiger partial charge < -0.3 is 14.3 Å². The molecule has 0 bridgehead atoms. The fraction of sp³-hybridized carbons (Fsp3) is 0.286. The van der Waals surface area contributed by atoms with E-state index < -0.39 is 5.63 Å². The van der Waals surface area contributed by atoms with E-state index in [2.05, 4.69) is 10.3 Å². The number of fused-ring (bicyclic) bond motifs is 1. The highest BCUT2D eigenvalue weighted by atomic mass is 16.4. The van der Waals surface area contributed by atoms with E-state index in [9.17, 15) is 9.59 Å². The highest BCUT2D eigenvalue weighted by molar-refractivity contribution is 5.95. The van der Waals surface area contributed by atoms with Crippen molar-refractivity contribution in [1.29, 1.82) is 0 Å². The second-order valence-corrected chi connectivity index (χ2v) is 6.96. The average molecular weight is 363 g/mol. The monoisotopic (exact) mass is 363 g/mol. The van der Waals surface area contributed by atoms with Crippen molar-refractivity contribution in [3.63, 3.8) is 0 Å². The average Bonchev–Trinajstić information content (AvgIpc) is 3.22. The van der Waals surface area contributed by atoms with Crippen LogP contribution in [0.5, 0.6) is 0 Å². The number of carbonyl (C=O) groups is 1. The first-order valence-electron chi connectivity index (χ1n) is 9.07. The molecule has 4 rings (SSSR count). The zero-order valence-electron chi connectivity index (χ0n) is 15.1. The van der Waals surface area contributed by atoms with Gasteiger partial charge in [0, 0.05) is 31.3 Å². The summed E-state index contributed by atoms with van der Waals surface area (Å²) >= 11 is 0. The molecular weight excluding hydrogens is 342 g/mol. The summed E-state index contributed by atoms with van der Waals surface area (Å²) in [7, 11) is 0. The Hall–Kier alpha value is -3.15. The van der Waals surface area contributed by atoms with Gasteiger partial charge in [-0.3, -0.25) is 4.79 Å². The smallest absolute Gasteiger partial charge is 0.349 e. The number of hydrogen-bond donors (Lipinski definition) is 1. The number of rotatable bonds is 5. The third-order valence-corrected chi connectivity index (χ3v) is 4.94. The Labute approximate surface area is 156 Å². The van der Waals surface area contributed by atoms with Crippen LogP contribution < -0.4 is 10.9 Å². The van der Waals surface area contributed by atoms with Gasteiger partial charge in [-0.25, -0.2) is 9.78 Å². The molecule has 0 fully saturated rings. The van der Waals surface area contributed by atoms with Crippen LogP contribution in [0, 0.1) is 6.92 Å². The van der Waals surface area contributed by atoms with Crippen molar-refractivity contribution in [1.82, 2.24) is 14.9 Å². The number of benzene rings is 1. The topological polar surface area (TPSA) is 77.1 Å². The molecule has 6 nitrogen and oxygen atoms in total. The Balaban J connectivity index is 1.44. The molecule has 0 saturated carbocycles. The summed E-state index contributed by atoms with van der Waals surface area (Å²) in [4.78, 5) is 29.1. The quantitative estimate of drug-likeness (QED) is 0.754. The maximum absolute atomic E-state index is 12.6. The van der Waals surface area contributed by atoms with E-state index in [1.54, 1.807) is 25.5 Å². The number of aryl methyl sites for hydroxylation is 3. The van der Waals surface area contributed by atoms with Crippen molar-refractivity contribution in [2.45, 2.75) is 38.8 Å². The summed E-state index contributed by atoms with van der Waals surface area (Å²) in [6.45, 7) is 2.44. The minimum absolute atomic E-state index is 0.0351. The molecule has 3 heterocycles. The molecule has 138 valence electrons. The Morgan fingerprint density at radius 3 is 2.85 bits per heavy atom. The zero-order valence-corrected chi connectivity index (χ0v) is 15.1. The molecule has 2 aromatic heterocycles. The largest absolute Gasteiger partial charge is 0.427 e. The van der Waals surface area contributed by atoms with E-state index in [1.807, 2.05) is 34.9 Å². The summed E-state index contributed by atoms with van der Waals surface area (Å²) in [5.74, 6) is 0.223. The predicted molar refractivity (Wildman–Crippen MR) is 101 cm³/mol. The van der Waals surface area contributed by atoms with Crippen LogP contribution in [0.1, 0.15) is 32.9 Å². The van der Waals surface area contributed by atoms with Crippen LogP contribution in [-0.2, 0) is 25.8 Å². The van der Waals surface area contributed by atoms with Gasteiger partial charge in [-0.05, 0) is 30.5 Å². The van der Waals surface area contributed by atoms with Crippen LogP contribution in [0.3, 0.4) is 0 Å². The van der Waals surface area contributed by atoms with E-state index in [0.29, 0.717) is 30.7 Å². The number of carbonyl (C=O) groups excluding carboxylic acids is 1. The number of hydrogen-bond acceptors (Lipinski definition) is 4. The van der Waals surface area contributed by atoms with Crippen molar-refractivity contribution in [3.05, 3.63) is 87.5 Å². The Bertz CT molecular complexity index is 1000. The molecule has 1 amide bonds. The van der Waals surface area contributed by atoms with Crippen molar-refractivity contribution < 1.29 is 9.21 Å². The molecule has 27 heavy (non-hydrogen) atoms. The van der Waals surface area contributed by atoms with Gasteiger partial charge in [0.05, 0.1) is 12.4 Å². The highest BCUT2D eigenvalue weighted by Crippen LogP contribution is 2.15. The van der Waals surface area contributed by atoms with Gasteiger partial charge in [0.25, 0.3) is 5.91 Å². The minimum Gasteiger partial charge on any atom is -0.427 e. The van der Waals surface area contributed by atoms with Crippen LogP contribution in [0.4, 0.5) is 0 Å². The molecule has 0 radical (unpaired) electrons. The SMILES string of the molecule is Cc1cc(CCc2ccccc2)oc(=O)c1C(=O)NC1Cc2cncn2C1. The summed E-state index contributed by atoms with van der Waals surface area (Å²) in [5.41, 5.74) is 2.42. The lowest BCUT2D eigenvalue weighted by Crippen LogP contribution is -2.38. The number of aromatic nitrogens is 2. The van der Waals surface area contributed by atoms with Crippen LogP contribution >= 0.6 is 0 Å². The highest BCUT2D eigenvalue weighted by Gasteiger charge is 2.25. The number of nitrogens with one attached hydrogen (secondary N) is 1. The van der Waals surface area contributed by atoms with E-state index in [-0.39, 0.29) is 17.5 Å². The summed E-state index contributed by atoms with van der Waals surface area (Å²) < 4.78 is 7.42. The number of imidazole rings is 1. The van der Waals surface area contributed by atoms with Crippen molar-refractivity contribution in [2.75, 3.05) is 0 Å². The fourth-order valence-electron chi connectivity index (χ4n) is 3.57. The van der Waals surface area contributed by atoms with Gasteiger partial charge in [0.15, 0.2) is 0 Å². The minimum atomic E-state index is -0.574. The standard InChI is InChI=1S/C21H21N3O3/c1-14-9-18(8-7-15-5-3-2-4-6-15)27-21(26)19(14)20(25)23-16-10-17-11-22-13-24(17)12-16/h2-6,9,11,13,16H,7-8,10,12H2,1H3,(H,23,25). The fourth-order valence-corrected chi connectivity index (χ4v) is 3.57. The normalized spacial score (nSPS) is 15.5. The second-order valence-electron chi connectivity index (χ2n) is 6.96. The summed E-state index contributed by atoms with van der Waals surface area (Å²) in [6, 6.07) is 11.8. The van der Waals surface area contributed by atoms with Gasteiger partial charge in [0.1, 0.15) is 11.3 Å². The van der Waals surface area contributed by atoms with Gasteiger partial charge in [-0.15, -0.1) is 0 Å². The van der Waals surface area contributed by atoms with Gasteiger partial charge >= 0.3 is 5.63 Å². The summed E-state index contributed by atoms with van der Waals surface area (Å²) in [5, 5.41) is 2.94. The Morgan fingerprint density at radius 1 is 1.30 bits per heavy atom. The first-order chi connectivity index (χ1) is 13.1. The van der Waals surface area contributed by atoms with Crippen LogP contribution in [0.15, 0.2) is 58.1 Å². The molecule has 1 atom stereocenters. The lowest BCUT2D eigenvalue weighted by Gasteiger charge is -2.13. The van der Waals surface area contributed by atoms with Crippen molar-refractivity contribution in [3.8, 4) is 0 Å². The van der Waals surface area contributed by atoms with Crippen LogP contribution in [0.25, 0.3) is 0 Å². The van der Waals surface area contributed by atoms with Crippen molar-refractivity contribution >= 4 is 5.91 Å². The van der Waals surface area contributed by atoms with Gasteiger partial charge in [0.2, 0.25) is 0 Å². The molecule has 1 aliphatic heterocycles. The molecular formula is C21H21N3O3. The molecule has 6 heteroatoms. The first-order valence-corrected chi connectivity index (χ1v) is 9.07. The lowest BCUT2D eigenvalue weighted by molar-refractivity contribution is 0.0931. The van der Waals surface area contributed by atoms with Gasteiger partial charge in [-0.2, -0.15) is 0 Å². The molecule has 1 N–H and O–H groups in total. The van der Waals surface area contributed by atoms with E-state index in [1.165, 1.54) is 5.56 Å². The van der Waals surface area contributed by atoms with Crippen molar-refractivity contribution in [2.24, 2.45) is 0 Å². The Kier molecular flexibility index (Phi) is 4.62. The Morgan fingerprint density at radius 2 is 2.11 bits per heavy atom. The first kappa shape index (κ1) is 17.3. The summed E-state index contributed by atoms with van der Waals surface area (Å²) in [6.07, 6.45) is 5.66. The molecule has 1 unspecified atom stereocenters. The van der Waals surface area contributed by atoms with E-state index in [4.69, 9.17) is 4.42 Å². The second kappa shape index (κ2) is 7.23. The number of amides is 1. The van der Waals surface area contributed by atoms with Crippen LogP contribution in [-0.4, -0.2) is 21.5 Å². The third-order valence-electron chi connectivity index (χ3n) is 4.94. The zero-order chi connectivity index (χ0) is 18.8. The maximum atomic E-state index is 12.6. The maximum Gasteiger partial charge on any atom is 0.349 e. The molecule has 0 saturated heterocycles. The lowest BCUT2D eigenvalue weighted by atomic mass is 10.1. The molecule has 0 aliphatic carbocycles. The number of nitrogens with zero attached hydrogens (tertiary/aromatic N) is 2. The van der Waals surface area contributed by atoms with E-state index in [0.717, 1.165) is 12.1 Å².